The summed E-state index contributed by atoms with van der Waals surface area (Å²) >= 11 is 0. The van der Waals surface area contributed by atoms with Gasteiger partial charge in [0.25, 0.3) is 0 Å². The number of carbonyl (C=O) groups excluding carboxylic acids is 1. The SMILES string of the molecule is O=C(O)[C@@H]1CN(CC(=O)N(c2ccccc2)C2CCCCC2)C[C@H]1C(F)(F)F. The second-order valence-electron chi connectivity index (χ2n) is 7.68. The number of hydrogen-bond donors (Lipinski definition) is 1. The van der Waals surface area contributed by atoms with E-state index < -0.39 is 30.5 Å². The van der Waals surface area contributed by atoms with Crippen molar-refractivity contribution in [3.63, 3.8) is 0 Å². The molecule has 154 valence electrons. The summed E-state index contributed by atoms with van der Waals surface area (Å²) in [6, 6.07) is 9.19. The first-order valence-corrected chi connectivity index (χ1v) is 9.66. The average Bonchev–Trinajstić information content (AvgIpc) is 3.08. The number of carbonyl (C=O) groups is 2. The Bertz CT molecular complexity index is 690. The fourth-order valence-electron chi connectivity index (χ4n) is 4.35. The normalized spacial score (nSPS) is 24.2. The van der Waals surface area contributed by atoms with Crippen LogP contribution in [0.15, 0.2) is 30.3 Å². The summed E-state index contributed by atoms with van der Waals surface area (Å²) in [5.41, 5.74) is 0.737. The molecule has 5 nitrogen and oxygen atoms in total. The summed E-state index contributed by atoms with van der Waals surface area (Å²) in [4.78, 5) is 27.4. The van der Waals surface area contributed by atoms with Gasteiger partial charge in [0, 0.05) is 24.8 Å². The maximum absolute atomic E-state index is 13.2. The third-order valence-corrected chi connectivity index (χ3v) is 5.73. The van der Waals surface area contributed by atoms with Crippen LogP contribution in [0.5, 0.6) is 0 Å². The van der Waals surface area contributed by atoms with E-state index in [2.05, 4.69) is 0 Å². The first-order valence-electron chi connectivity index (χ1n) is 9.66. The number of carboxylic acids is 1. The minimum Gasteiger partial charge on any atom is -0.481 e. The molecular weight excluding hydrogens is 373 g/mol. The zero-order valence-electron chi connectivity index (χ0n) is 15.6. The molecular formula is C20H25F3N2O3. The highest BCUT2D eigenvalue weighted by Gasteiger charge is 2.52. The topological polar surface area (TPSA) is 60.9 Å². The second kappa shape index (κ2) is 8.51. The van der Waals surface area contributed by atoms with Gasteiger partial charge in [-0.15, -0.1) is 0 Å². The molecule has 1 saturated heterocycles. The number of aliphatic carboxylic acids is 1. The molecule has 1 aliphatic heterocycles. The first kappa shape index (κ1) is 20.6. The Labute approximate surface area is 162 Å². The molecule has 1 aromatic rings. The van der Waals surface area contributed by atoms with Crippen molar-refractivity contribution in [2.24, 2.45) is 11.8 Å². The number of amides is 1. The number of anilines is 1. The molecule has 8 heteroatoms. The van der Waals surface area contributed by atoms with Crippen molar-refractivity contribution in [3.8, 4) is 0 Å². The van der Waals surface area contributed by atoms with Gasteiger partial charge in [-0.05, 0) is 25.0 Å². The van der Waals surface area contributed by atoms with Gasteiger partial charge >= 0.3 is 12.1 Å². The molecule has 1 aromatic carbocycles. The third kappa shape index (κ3) is 4.66. The lowest BCUT2D eigenvalue weighted by Gasteiger charge is -2.35. The average molecular weight is 398 g/mol. The number of halogens is 3. The van der Waals surface area contributed by atoms with Crippen molar-refractivity contribution in [1.29, 1.82) is 0 Å². The van der Waals surface area contributed by atoms with Crippen molar-refractivity contribution < 1.29 is 27.9 Å². The van der Waals surface area contributed by atoms with Gasteiger partial charge < -0.3 is 10.0 Å². The van der Waals surface area contributed by atoms with E-state index in [0.29, 0.717) is 0 Å². The Morgan fingerprint density at radius 3 is 2.25 bits per heavy atom. The van der Waals surface area contributed by atoms with Crippen LogP contribution in [-0.4, -0.2) is 53.7 Å². The molecule has 28 heavy (non-hydrogen) atoms. The minimum absolute atomic E-state index is 0.0277. The fourth-order valence-corrected chi connectivity index (χ4v) is 4.35. The summed E-state index contributed by atoms with van der Waals surface area (Å²) < 4.78 is 39.6. The molecule has 0 radical (unpaired) electrons. The minimum atomic E-state index is -4.59. The van der Waals surface area contributed by atoms with Gasteiger partial charge in [0.15, 0.2) is 0 Å². The Kier molecular flexibility index (Phi) is 6.27. The fraction of sp³-hybridized carbons (Fsp3) is 0.600. The number of likely N-dealkylation sites (tertiary alicyclic amines) is 1. The van der Waals surface area contributed by atoms with Crippen LogP contribution in [0.4, 0.5) is 18.9 Å². The lowest BCUT2D eigenvalue weighted by Crippen LogP contribution is -2.46. The molecule has 0 spiro atoms. The summed E-state index contributed by atoms with van der Waals surface area (Å²) in [6.07, 6.45) is 0.286. The number of rotatable bonds is 5. The van der Waals surface area contributed by atoms with E-state index in [-0.39, 0.29) is 25.0 Å². The highest BCUT2D eigenvalue weighted by atomic mass is 19.4. The van der Waals surface area contributed by atoms with E-state index in [1.807, 2.05) is 30.3 Å². The predicted octanol–water partition coefficient (Wildman–Crippen LogP) is 3.55. The number of hydrogen-bond acceptors (Lipinski definition) is 3. The molecule has 2 atom stereocenters. The summed E-state index contributed by atoms with van der Waals surface area (Å²) in [7, 11) is 0. The maximum Gasteiger partial charge on any atom is 0.393 e. The molecule has 1 N–H and O–H groups in total. The number of carboxylic acid groups (broad SMARTS) is 1. The molecule has 0 bridgehead atoms. The van der Waals surface area contributed by atoms with E-state index in [4.69, 9.17) is 5.11 Å². The third-order valence-electron chi connectivity index (χ3n) is 5.73. The Morgan fingerprint density at radius 2 is 1.71 bits per heavy atom. The lowest BCUT2D eigenvalue weighted by atomic mass is 9.93. The maximum atomic E-state index is 13.2. The van der Waals surface area contributed by atoms with E-state index >= 15 is 0 Å². The smallest absolute Gasteiger partial charge is 0.393 e. The van der Waals surface area contributed by atoms with Crippen LogP contribution in [0.1, 0.15) is 32.1 Å². The van der Waals surface area contributed by atoms with Crippen molar-refractivity contribution in [3.05, 3.63) is 30.3 Å². The van der Waals surface area contributed by atoms with Crippen LogP contribution in [0.3, 0.4) is 0 Å². The molecule has 1 aliphatic carbocycles. The molecule has 1 heterocycles. The standard InChI is InChI=1S/C20H25F3N2O3/c21-20(22,23)17-12-24(11-16(17)19(27)28)13-18(26)25(14-7-3-1-4-8-14)15-9-5-2-6-10-15/h1,3-4,7-8,15-17H,2,5-6,9-13H2,(H,27,28)/t16-,17-/m1/s1. The highest BCUT2D eigenvalue weighted by Crippen LogP contribution is 2.38. The van der Waals surface area contributed by atoms with Crippen LogP contribution in [0.2, 0.25) is 0 Å². The lowest BCUT2D eigenvalue weighted by molar-refractivity contribution is -0.188. The molecule has 0 unspecified atom stereocenters. The van der Waals surface area contributed by atoms with E-state index in [9.17, 15) is 22.8 Å². The molecule has 2 fully saturated rings. The van der Waals surface area contributed by atoms with E-state index in [0.717, 1.165) is 37.8 Å². The Balaban J connectivity index is 1.76. The van der Waals surface area contributed by atoms with Crippen molar-refractivity contribution in [2.45, 2.75) is 44.3 Å². The van der Waals surface area contributed by atoms with Crippen molar-refractivity contribution >= 4 is 17.6 Å². The van der Waals surface area contributed by atoms with Gasteiger partial charge in [-0.25, -0.2) is 0 Å². The molecule has 1 amide bonds. The Morgan fingerprint density at radius 1 is 1.07 bits per heavy atom. The number of alkyl halides is 3. The molecule has 1 saturated carbocycles. The first-order chi connectivity index (χ1) is 13.3. The van der Waals surface area contributed by atoms with Gasteiger partial charge in [0.1, 0.15) is 0 Å². The number of benzene rings is 1. The van der Waals surface area contributed by atoms with Gasteiger partial charge in [0.2, 0.25) is 5.91 Å². The monoisotopic (exact) mass is 398 g/mol. The van der Waals surface area contributed by atoms with Crippen molar-refractivity contribution in [1.82, 2.24) is 4.90 Å². The van der Waals surface area contributed by atoms with Gasteiger partial charge in [-0.3, -0.25) is 14.5 Å². The second-order valence-corrected chi connectivity index (χ2v) is 7.68. The summed E-state index contributed by atoms with van der Waals surface area (Å²) in [5.74, 6) is -5.22. The van der Waals surface area contributed by atoms with E-state index in [1.165, 1.54) is 4.90 Å². The number of para-hydroxylation sites is 1. The predicted molar refractivity (Wildman–Crippen MR) is 97.9 cm³/mol. The van der Waals surface area contributed by atoms with Gasteiger partial charge in [-0.2, -0.15) is 13.2 Å². The highest BCUT2D eigenvalue weighted by molar-refractivity contribution is 5.95. The van der Waals surface area contributed by atoms with Gasteiger partial charge in [-0.1, -0.05) is 37.5 Å². The van der Waals surface area contributed by atoms with Crippen LogP contribution in [0, 0.1) is 11.8 Å². The van der Waals surface area contributed by atoms with E-state index in [1.54, 1.807) is 4.90 Å². The van der Waals surface area contributed by atoms with Crippen molar-refractivity contribution in [2.75, 3.05) is 24.5 Å². The summed E-state index contributed by atoms with van der Waals surface area (Å²) in [5, 5.41) is 9.17. The largest absolute Gasteiger partial charge is 0.481 e. The quantitative estimate of drug-likeness (QED) is 0.824. The van der Waals surface area contributed by atoms with Crippen LogP contribution in [-0.2, 0) is 9.59 Å². The van der Waals surface area contributed by atoms with Crippen LogP contribution >= 0.6 is 0 Å². The Hall–Kier alpha value is -2.09. The number of nitrogens with zero attached hydrogens (tertiary/aromatic N) is 2. The van der Waals surface area contributed by atoms with Gasteiger partial charge in [0.05, 0.1) is 18.4 Å². The molecule has 2 aliphatic rings. The van der Waals surface area contributed by atoms with Crippen LogP contribution < -0.4 is 4.90 Å². The molecule has 3 rings (SSSR count). The molecule has 0 aromatic heterocycles. The zero-order valence-corrected chi connectivity index (χ0v) is 15.6. The zero-order chi connectivity index (χ0) is 20.3. The van der Waals surface area contributed by atoms with Crippen LogP contribution in [0.25, 0.3) is 0 Å². The summed E-state index contributed by atoms with van der Waals surface area (Å²) in [6.45, 7) is -0.931.